The van der Waals surface area contributed by atoms with Gasteiger partial charge in [0.2, 0.25) is 5.13 Å². The lowest BCUT2D eigenvalue weighted by atomic mass is 9.79. The first-order valence-electron chi connectivity index (χ1n) is 11.5. The Hall–Kier alpha value is -2.71. The summed E-state index contributed by atoms with van der Waals surface area (Å²) in [4.78, 5) is 15.1. The van der Waals surface area contributed by atoms with Gasteiger partial charge in [0.15, 0.2) is 5.01 Å². The molecule has 34 heavy (non-hydrogen) atoms. The molecule has 3 rings (SSSR count). The summed E-state index contributed by atoms with van der Waals surface area (Å²) in [5.41, 5.74) is 2.88. The van der Waals surface area contributed by atoms with Crippen LogP contribution in [0.4, 0.5) is 5.13 Å². The number of methoxy groups -OCH3 is 1. The number of aromatic nitrogens is 2. The number of allylic oxidation sites excluding steroid dienone is 3. The van der Waals surface area contributed by atoms with Crippen LogP contribution in [0.25, 0.3) is 16.1 Å². The van der Waals surface area contributed by atoms with Gasteiger partial charge in [0.05, 0.1) is 12.7 Å². The zero-order valence-electron chi connectivity index (χ0n) is 21.5. The number of ether oxygens (including phenoxy) is 1. The van der Waals surface area contributed by atoms with Gasteiger partial charge in [-0.25, -0.2) is 0 Å². The van der Waals surface area contributed by atoms with E-state index in [4.69, 9.17) is 4.74 Å². The first-order valence-corrected chi connectivity index (χ1v) is 12.3. The van der Waals surface area contributed by atoms with E-state index in [1.165, 1.54) is 6.08 Å². The van der Waals surface area contributed by atoms with Gasteiger partial charge >= 0.3 is 0 Å². The Morgan fingerprint density at radius 3 is 2.41 bits per heavy atom. The molecule has 0 aliphatic carbocycles. The van der Waals surface area contributed by atoms with Crippen molar-refractivity contribution in [1.29, 1.82) is 0 Å². The predicted octanol–water partition coefficient (Wildman–Crippen LogP) is 4.62. The summed E-state index contributed by atoms with van der Waals surface area (Å²) in [5.74, 6) is 0.719. The fourth-order valence-corrected chi connectivity index (χ4v) is 5.76. The summed E-state index contributed by atoms with van der Waals surface area (Å²) in [5, 5.41) is 14.5. The van der Waals surface area contributed by atoms with Gasteiger partial charge in [-0.15, -0.1) is 10.2 Å². The summed E-state index contributed by atoms with van der Waals surface area (Å²) < 4.78 is 5.72. The minimum absolute atomic E-state index is 0.0589. The zero-order chi connectivity index (χ0) is 25.1. The molecule has 1 aromatic carbocycles. The number of benzene rings is 1. The Kier molecular flexibility index (Phi) is 7.83. The highest BCUT2D eigenvalue weighted by molar-refractivity contribution is 7.18. The number of hydrogen-bond donors (Lipinski definition) is 1. The van der Waals surface area contributed by atoms with Crippen molar-refractivity contribution in [2.24, 2.45) is 0 Å². The SMILES string of the molecule is COc1cc(C(/C=C\C=O)=C/N(C)C)ccc1-c1nnc(N(C)C2CC(C)(C)NC(C)(C)C2)s1. The van der Waals surface area contributed by atoms with Crippen molar-refractivity contribution < 1.29 is 9.53 Å². The van der Waals surface area contributed by atoms with Gasteiger partial charge in [-0.2, -0.15) is 0 Å². The maximum atomic E-state index is 10.9. The van der Waals surface area contributed by atoms with Crippen molar-refractivity contribution in [1.82, 2.24) is 20.4 Å². The maximum absolute atomic E-state index is 10.9. The molecule has 1 aliphatic heterocycles. The van der Waals surface area contributed by atoms with Crippen LogP contribution in [0.3, 0.4) is 0 Å². The van der Waals surface area contributed by atoms with Crippen molar-refractivity contribution in [2.75, 3.05) is 33.2 Å². The molecule has 0 bridgehead atoms. The van der Waals surface area contributed by atoms with E-state index in [9.17, 15) is 4.79 Å². The number of piperidine rings is 1. The molecule has 8 heteroatoms. The number of rotatable bonds is 8. The Morgan fingerprint density at radius 2 is 1.82 bits per heavy atom. The molecule has 7 nitrogen and oxygen atoms in total. The molecule has 0 unspecified atom stereocenters. The summed E-state index contributed by atoms with van der Waals surface area (Å²) >= 11 is 1.58. The van der Waals surface area contributed by atoms with Crippen LogP contribution in [0.1, 0.15) is 46.1 Å². The van der Waals surface area contributed by atoms with Crippen LogP contribution in [-0.4, -0.2) is 66.8 Å². The topological polar surface area (TPSA) is 70.6 Å². The minimum atomic E-state index is 0.0589. The largest absolute Gasteiger partial charge is 0.496 e. The third-order valence-electron chi connectivity index (χ3n) is 5.95. The quantitative estimate of drug-likeness (QED) is 0.334. The van der Waals surface area contributed by atoms with E-state index in [0.29, 0.717) is 6.04 Å². The van der Waals surface area contributed by atoms with E-state index in [2.05, 4.69) is 55.2 Å². The van der Waals surface area contributed by atoms with E-state index in [1.807, 2.05) is 43.4 Å². The van der Waals surface area contributed by atoms with Crippen molar-refractivity contribution in [2.45, 2.75) is 57.7 Å². The fraction of sp³-hybridized carbons (Fsp3) is 0.500. The lowest BCUT2D eigenvalue weighted by Crippen LogP contribution is -2.61. The Balaban J connectivity index is 1.90. The third kappa shape index (κ3) is 6.24. The van der Waals surface area contributed by atoms with Gasteiger partial charge < -0.3 is 19.9 Å². The number of carbonyl (C=O) groups is 1. The predicted molar refractivity (Wildman–Crippen MR) is 141 cm³/mol. The van der Waals surface area contributed by atoms with Crippen LogP contribution in [0.15, 0.2) is 36.6 Å². The molecule has 1 fully saturated rings. The molecule has 0 amide bonds. The molecule has 184 valence electrons. The standard InChI is InChI=1S/C26H37N5O2S/c1-25(2)15-20(16-26(3,4)29-25)31(7)24-28-27-23(34-24)21-12-11-18(14-22(21)33-8)19(10-9-13-32)17-30(5)6/h9-14,17,20,29H,15-16H2,1-8H3/b10-9-,19-17+. The van der Waals surface area contributed by atoms with Crippen molar-refractivity contribution in [3.8, 4) is 16.3 Å². The van der Waals surface area contributed by atoms with Crippen LogP contribution in [0.2, 0.25) is 0 Å². The molecule has 2 aromatic rings. The molecule has 2 heterocycles. The lowest BCUT2D eigenvalue weighted by Gasteiger charge is -2.48. The monoisotopic (exact) mass is 483 g/mol. The van der Waals surface area contributed by atoms with E-state index >= 15 is 0 Å². The van der Waals surface area contributed by atoms with Crippen LogP contribution in [-0.2, 0) is 4.79 Å². The van der Waals surface area contributed by atoms with Crippen molar-refractivity contribution >= 4 is 28.3 Å². The molecule has 1 N–H and O–H groups in total. The third-order valence-corrected chi connectivity index (χ3v) is 7.00. The molecule has 1 saturated heterocycles. The van der Waals surface area contributed by atoms with Crippen molar-refractivity contribution in [3.05, 3.63) is 42.1 Å². The van der Waals surface area contributed by atoms with Crippen LogP contribution < -0.4 is 15.0 Å². The van der Waals surface area contributed by atoms with Gasteiger partial charge in [0.1, 0.15) is 12.0 Å². The molecule has 0 saturated carbocycles. The summed E-state index contributed by atoms with van der Waals surface area (Å²) in [7, 11) is 7.67. The molecule has 0 spiro atoms. The van der Waals surface area contributed by atoms with Gasteiger partial charge in [-0.3, -0.25) is 4.79 Å². The van der Waals surface area contributed by atoms with E-state index in [0.717, 1.165) is 51.7 Å². The second kappa shape index (κ2) is 10.3. The second-order valence-corrected chi connectivity index (χ2v) is 11.4. The van der Waals surface area contributed by atoms with Gasteiger partial charge in [-0.05, 0) is 76.0 Å². The average Bonchev–Trinajstić information content (AvgIpc) is 3.23. The van der Waals surface area contributed by atoms with Crippen LogP contribution in [0, 0.1) is 0 Å². The zero-order valence-corrected chi connectivity index (χ0v) is 22.4. The highest BCUT2D eigenvalue weighted by Crippen LogP contribution is 2.39. The maximum Gasteiger partial charge on any atom is 0.208 e. The highest BCUT2D eigenvalue weighted by Gasteiger charge is 2.39. The van der Waals surface area contributed by atoms with E-state index < -0.39 is 0 Å². The summed E-state index contributed by atoms with van der Waals surface area (Å²) in [6.45, 7) is 9.04. The molecule has 0 radical (unpaired) electrons. The molecule has 0 atom stereocenters. The lowest BCUT2D eigenvalue weighted by molar-refractivity contribution is -0.104. The Bertz CT molecular complexity index is 1050. The molecular formula is C26H37N5O2S. The number of aldehydes is 1. The fourth-order valence-electron chi connectivity index (χ4n) is 4.85. The number of nitrogens with zero attached hydrogens (tertiary/aromatic N) is 4. The minimum Gasteiger partial charge on any atom is -0.496 e. The smallest absolute Gasteiger partial charge is 0.208 e. The number of hydrogen-bond acceptors (Lipinski definition) is 8. The van der Waals surface area contributed by atoms with Gasteiger partial charge in [0, 0.05) is 44.5 Å². The number of carbonyl (C=O) groups excluding carboxylic acids is 1. The molecule has 1 aromatic heterocycles. The van der Waals surface area contributed by atoms with Gasteiger partial charge in [0.25, 0.3) is 0 Å². The summed E-state index contributed by atoms with van der Waals surface area (Å²) in [6.07, 6.45) is 8.10. The highest BCUT2D eigenvalue weighted by atomic mass is 32.1. The van der Waals surface area contributed by atoms with E-state index in [-0.39, 0.29) is 11.1 Å². The Labute approximate surface area is 207 Å². The van der Waals surface area contributed by atoms with Crippen molar-refractivity contribution in [3.63, 3.8) is 0 Å². The molecule has 1 aliphatic rings. The number of anilines is 1. The first-order chi connectivity index (χ1) is 15.9. The summed E-state index contributed by atoms with van der Waals surface area (Å²) in [6, 6.07) is 6.38. The number of nitrogens with one attached hydrogen (secondary N) is 1. The van der Waals surface area contributed by atoms with Gasteiger partial charge in [-0.1, -0.05) is 17.4 Å². The normalized spacial score (nSPS) is 18.2. The van der Waals surface area contributed by atoms with Crippen LogP contribution in [0.5, 0.6) is 5.75 Å². The van der Waals surface area contributed by atoms with Crippen LogP contribution >= 0.6 is 11.3 Å². The Morgan fingerprint density at radius 1 is 1.15 bits per heavy atom. The first kappa shape index (κ1) is 25.9. The molecular weight excluding hydrogens is 446 g/mol. The van der Waals surface area contributed by atoms with E-state index in [1.54, 1.807) is 24.5 Å². The average molecular weight is 484 g/mol. The second-order valence-electron chi connectivity index (χ2n) is 10.4.